The summed E-state index contributed by atoms with van der Waals surface area (Å²) in [6.45, 7) is 5.96. The molecule has 0 saturated heterocycles. The summed E-state index contributed by atoms with van der Waals surface area (Å²) in [6, 6.07) is 5.91. The van der Waals surface area contributed by atoms with Crippen molar-refractivity contribution in [2.24, 2.45) is 0 Å². The molecule has 0 unspecified atom stereocenters. The van der Waals surface area contributed by atoms with Crippen LogP contribution in [0, 0.1) is 13.8 Å². The van der Waals surface area contributed by atoms with Gasteiger partial charge in [-0.25, -0.2) is 13.1 Å². The summed E-state index contributed by atoms with van der Waals surface area (Å²) < 4.78 is 28.2. The van der Waals surface area contributed by atoms with Gasteiger partial charge in [-0.2, -0.15) is 0 Å². The Hall–Kier alpha value is -2.45. The standard InChI is InChI=1S/C18H23N3O4S/c1-5-8-21-11-15(6-7-17(21)22)20-18(23)14-9-12(2)13(3)16(10-14)26(24,25)19-4/h6-7,9-11,19H,5,8H2,1-4H3,(H,20,23). The summed E-state index contributed by atoms with van der Waals surface area (Å²) >= 11 is 0. The highest BCUT2D eigenvalue weighted by Gasteiger charge is 2.19. The van der Waals surface area contributed by atoms with Crippen LogP contribution in [0.4, 0.5) is 5.69 Å². The number of amides is 1. The van der Waals surface area contributed by atoms with Crippen molar-refractivity contribution in [3.8, 4) is 0 Å². The zero-order valence-corrected chi connectivity index (χ0v) is 16.1. The van der Waals surface area contributed by atoms with Crippen LogP contribution in [-0.2, 0) is 16.6 Å². The van der Waals surface area contributed by atoms with Crippen LogP contribution >= 0.6 is 0 Å². The van der Waals surface area contributed by atoms with Crippen molar-refractivity contribution < 1.29 is 13.2 Å². The fraction of sp³-hybridized carbons (Fsp3) is 0.333. The Morgan fingerprint density at radius 2 is 1.88 bits per heavy atom. The van der Waals surface area contributed by atoms with Crippen LogP contribution in [0.1, 0.15) is 34.8 Å². The van der Waals surface area contributed by atoms with Crippen molar-refractivity contribution in [1.29, 1.82) is 0 Å². The van der Waals surface area contributed by atoms with Crippen LogP contribution in [0.15, 0.2) is 40.2 Å². The van der Waals surface area contributed by atoms with Gasteiger partial charge < -0.3 is 9.88 Å². The second kappa shape index (κ2) is 7.84. The number of carbonyl (C=O) groups is 1. The molecule has 26 heavy (non-hydrogen) atoms. The molecule has 0 radical (unpaired) electrons. The van der Waals surface area contributed by atoms with Crippen LogP contribution in [0.5, 0.6) is 0 Å². The van der Waals surface area contributed by atoms with Crippen LogP contribution in [0.25, 0.3) is 0 Å². The minimum absolute atomic E-state index is 0.0705. The van der Waals surface area contributed by atoms with Gasteiger partial charge in [0.25, 0.3) is 11.5 Å². The Kier molecular flexibility index (Phi) is 5.99. The topological polar surface area (TPSA) is 97.3 Å². The Balaban J connectivity index is 2.39. The molecule has 0 aliphatic heterocycles. The van der Waals surface area contributed by atoms with Gasteiger partial charge in [0.1, 0.15) is 0 Å². The summed E-state index contributed by atoms with van der Waals surface area (Å²) in [4.78, 5) is 24.4. The van der Waals surface area contributed by atoms with Crippen LogP contribution in [-0.4, -0.2) is 25.9 Å². The largest absolute Gasteiger partial charge is 0.321 e. The van der Waals surface area contributed by atoms with E-state index in [4.69, 9.17) is 0 Å². The summed E-state index contributed by atoms with van der Waals surface area (Å²) in [6.07, 6.45) is 2.37. The SMILES string of the molecule is CCCn1cc(NC(=O)c2cc(C)c(C)c(S(=O)(=O)NC)c2)ccc1=O. The molecule has 7 nitrogen and oxygen atoms in total. The normalized spacial score (nSPS) is 11.4. The van der Waals surface area contributed by atoms with Gasteiger partial charge in [-0.3, -0.25) is 9.59 Å². The fourth-order valence-electron chi connectivity index (χ4n) is 2.57. The zero-order chi connectivity index (χ0) is 19.5. The summed E-state index contributed by atoms with van der Waals surface area (Å²) in [5.41, 5.74) is 1.85. The lowest BCUT2D eigenvalue weighted by atomic mass is 10.1. The highest BCUT2D eigenvalue weighted by molar-refractivity contribution is 7.89. The number of aromatic nitrogens is 1. The van der Waals surface area contributed by atoms with Crippen LogP contribution < -0.4 is 15.6 Å². The lowest BCUT2D eigenvalue weighted by Gasteiger charge is -2.13. The molecule has 1 heterocycles. The number of benzene rings is 1. The first kappa shape index (κ1) is 19.9. The number of aryl methyl sites for hydroxylation is 2. The Bertz CT molecular complexity index is 994. The molecule has 0 aliphatic rings. The van der Waals surface area contributed by atoms with E-state index in [1.54, 1.807) is 26.1 Å². The van der Waals surface area contributed by atoms with E-state index in [0.29, 0.717) is 23.4 Å². The molecule has 2 aromatic rings. The predicted octanol–water partition coefficient (Wildman–Crippen LogP) is 2.04. The van der Waals surface area contributed by atoms with Crippen molar-refractivity contribution >= 4 is 21.6 Å². The van der Waals surface area contributed by atoms with Crippen molar-refractivity contribution in [3.63, 3.8) is 0 Å². The zero-order valence-electron chi connectivity index (χ0n) is 15.3. The maximum absolute atomic E-state index is 12.6. The Labute approximate surface area is 153 Å². The first-order valence-electron chi connectivity index (χ1n) is 8.26. The predicted molar refractivity (Wildman–Crippen MR) is 101 cm³/mol. The number of hydrogen-bond donors (Lipinski definition) is 2. The van der Waals surface area contributed by atoms with E-state index in [0.717, 1.165) is 6.42 Å². The third-order valence-corrected chi connectivity index (χ3v) is 5.69. The summed E-state index contributed by atoms with van der Waals surface area (Å²) in [7, 11) is -2.35. The van der Waals surface area contributed by atoms with E-state index in [1.165, 1.54) is 29.8 Å². The molecule has 140 valence electrons. The minimum Gasteiger partial charge on any atom is -0.321 e. The minimum atomic E-state index is -3.68. The molecular formula is C18H23N3O4S. The van der Waals surface area contributed by atoms with Crippen molar-refractivity contribution in [1.82, 2.24) is 9.29 Å². The second-order valence-corrected chi connectivity index (χ2v) is 7.88. The van der Waals surface area contributed by atoms with Gasteiger partial charge in [0.05, 0.1) is 10.6 Å². The lowest BCUT2D eigenvalue weighted by molar-refractivity contribution is 0.102. The first-order valence-corrected chi connectivity index (χ1v) is 9.74. The molecule has 8 heteroatoms. The number of pyridine rings is 1. The third-order valence-electron chi connectivity index (χ3n) is 4.15. The van der Waals surface area contributed by atoms with E-state index in [1.807, 2.05) is 6.92 Å². The molecule has 1 amide bonds. The van der Waals surface area contributed by atoms with Gasteiger partial charge in [-0.15, -0.1) is 0 Å². The molecule has 0 spiro atoms. The smallest absolute Gasteiger partial charge is 0.255 e. The van der Waals surface area contributed by atoms with Gasteiger partial charge in [0.2, 0.25) is 10.0 Å². The summed E-state index contributed by atoms with van der Waals surface area (Å²) in [5, 5.41) is 2.71. The van der Waals surface area contributed by atoms with Gasteiger partial charge in [0.15, 0.2) is 0 Å². The number of nitrogens with zero attached hydrogens (tertiary/aromatic N) is 1. The molecule has 0 saturated carbocycles. The number of sulfonamides is 1. The van der Waals surface area contributed by atoms with Crippen molar-refractivity contribution in [3.05, 3.63) is 57.5 Å². The molecule has 2 N–H and O–H groups in total. The molecule has 1 aromatic heterocycles. The highest BCUT2D eigenvalue weighted by Crippen LogP contribution is 2.21. The Morgan fingerprint density at radius 1 is 1.19 bits per heavy atom. The lowest BCUT2D eigenvalue weighted by Crippen LogP contribution is -2.22. The van der Waals surface area contributed by atoms with Crippen LogP contribution in [0.3, 0.4) is 0 Å². The number of anilines is 1. The van der Waals surface area contributed by atoms with Crippen LogP contribution in [0.2, 0.25) is 0 Å². The van der Waals surface area contributed by atoms with Crippen molar-refractivity contribution in [2.45, 2.75) is 38.6 Å². The average molecular weight is 377 g/mol. The number of rotatable bonds is 6. The molecular weight excluding hydrogens is 354 g/mol. The molecule has 0 fully saturated rings. The maximum Gasteiger partial charge on any atom is 0.255 e. The van der Waals surface area contributed by atoms with E-state index in [9.17, 15) is 18.0 Å². The third kappa shape index (κ3) is 4.20. The van der Waals surface area contributed by atoms with E-state index in [-0.39, 0.29) is 16.0 Å². The molecule has 0 aliphatic carbocycles. The average Bonchev–Trinajstić information content (AvgIpc) is 2.60. The fourth-order valence-corrected chi connectivity index (χ4v) is 3.64. The highest BCUT2D eigenvalue weighted by atomic mass is 32.2. The molecule has 1 aromatic carbocycles. The van der Waals surface area contributed by atoms with E-state index < -0.39 is 15.9 Å². The number of hydrogen-bond acceptors (Lipinski definition) is 4. The molecule has 2 rings (SSSR count). The van der Waals surface area contributed by atoms with Gasteiger partial charge in [-0.05, 0) is 56.6 Å². The number of nitrogens with one attached hydrogen (secondary N) is 2. The van der Waals surface area contributed by atoms with Gasteiger partial charge in [0, 0.05) is 24.4 Å². The van der Waals surface area contributed by atoms with Crippen molar-refractivity contribution in [2.75, 3.05) is 12.4 Å². The Morgan fingerprint density at radius 3 is 2.50 bits per heavy atom. The molecule has 0 bridgehead atoms. The first-order chi connectivity index (χ1) is 12.2. The number of carbonyl (C=O) groups excluding carboxylic acids is 1. The van der Waals surface area contributed by atoms with Gasteiger partial charge >= 0.3 is 0 Å². The second-order valence-electron chi connectivity index (χ2n) is 6.03. The maximum atomic E-state index is 12.6. The monoisotopic (exact) mass is 377 g/mol. The van der Waals surface area contributed by atoms with E-state index >= 15 is 0 Å². The van der Waals surface area contributed by atoms with E-state index in [2.05, 4.69) is 10.0 Å². The summed E-state index contributed by atoms with van der Waals surface area (Å²) in [5.74, 6) is -0.442. The molecule has 0 atom stereocenters. The quantitative estimate of drug-likeness (QED) is 0.805. The van der Waals surface area contributed by atoms with Gasteiger partial charge in [-0.1, -0.05) is 6.92 Å².